The zero-order chi connectivity index (χ0) is 15.9. The molecule has 0 radical (unpaired) electrons. The third kappa shape index (κ3) is 4.04. The molecule has 0 atom stereocenters. The molecule has 0 bridgehead atoms. The van der Waals surface area contributed by atoms with Crippen LogP contribution in [-0.2, 0) is 0 Å². The van der Waals surface area contributed by atoms with Crippen molar-refractivity contribution in [3.8, 4) is 11.5 Å². The molecule has 0 spiro atoms. The first-order valence-electron chi connectivity index (χ1n) is 7.68. The molecule has 2 rings (SSSR count). The van der Waals surface area contributed by atoms with E-state index in [9.17, 15) is 4.79 Å². The Morgan fingerprint density at radius 2 is 1.91 bits per heavy atom. The van der Waals surface area contributed by atoms with Crippen LogP contribution in [0.1, 0.15) is 13.3 Å². The van der Waals surface area contributed by atoms with Crippen LogP contribution >= 0.6 is 0 Å². The quantitative estimate of drug-likeness (QED) is 0.906. The summed E-state index contributed by atoms with van der Waals surface area (Å²) < 4.78 is 10.5. The Labute approximate surface area is 132 Å². The van der Waals surface area contributed by atoms with E-state index >= 15 is 0 Å². The van der Waals surface area contributed by atoms with Crippen molar-refractivity contribution in [1.82, 2.24) is 9.80 Å². The number of urea groups is 1. The highest BCUT2D eigenvalue weighted by Gasteiger charge is 2.21. The second-order valence-corrected chi connectivity index (χ2v) is 5.33. The minimum absolute atomic E-state index is 0.0837. The van der Waals surface area contributed by atoms with Crippen LogP contribution in [-0.4, -0.2) is 62.8 Å². The van der Waals surface area contributed by atoms with Crippen LogP contribution in [0.5, 0.6) is 11.5 Å². The highest BCUT2D eigenvalue weighted by molar-refractivity contribution is 5.91. The fraction of sp³-hybridized carbons (Fsp3) is 0.562. The second kappa shape index (κ2) is 7.89. The molecule has 6 heteroatoms. The highest BCUT2D eigenvalue weighted by Crippen LogP contribution is 2.29. The van der Waals surface area contributed by atoms with E-state index in [1.54, 1.807) is 32.4 Å². The Morgan fingerprint density at radius 3 is 2.50 bits per heavy atom. The Bertz CT molecular complexity index is 499. The van der Waals surface area contributed by atoms with Crippen molar-refractivity contribution in [2.45, 2.75) is 13.3 Å². The molecule has 1 aromatic rings. The van der Waals surface area contributed by atoms with Gasteiger partial charge in [0.25, 0.3) is 0 Å². The molecule has 1 N–H and O–H groups in total. The predicted molar refractivity (Wildman–Crippen MR) is 86.9 cm³/mol. The molecule has 1 aromatic carbocycles. The Hall–Kier alpha value is -1.95. The topological polar surface area (TPSA) is 54.0 Å². The van der Waals surface area contributed by atoms with Gasteiger partial charge in [-0.05, 0) is 25.1 Å². The number of ether oxygens (including phenoxy) is 2. The molecule has 122 valence electrons. The van der Waals surface area contributed by atoms with Gasteiger partial charge < -0.3 is 19.7 Å². The van der Waals surface area contributed by atoms with E-state index in [2.05, 4.69) is 17.1 Å². The number of piperazine rings is 1. The molecular weight excluding hydrogens is 282 g/mol. The lowest BCUT2D eigenvalue weighted by Crippen LogP contribution is -2.50. The molecule has 1 saturated heterocycles. The monoisotopic (exact) mass is 307 g/mol. The standard InChI is InChI=1S/C16H25N3O3/c1-4-7-18-8-10-19(11-9-18)16(20)17-14-6-5-13(21-2)12-15(14)22-3/h5-6,12H,4,7-11H2,1-3H3,(H,17,20). The smallest absolute Gasteiger partial charge is 0.322 e. The van der Waals surface area contributed by atoms with Gasteiger partial charge in [0.05, 0.1) is 19.9 Å². The fourth-order valence-electron chi connectivity index (χ4n) is 2.59. The number of benzene rings is 1. The zero-order valence-corrected chi connectivity index (χ0v) is 13.6. The average Bonchev–Trinajstić information content (AvgIpc) is 2.56. The van der Waals surface area contributed by atoms with Crippen LogP contribution < -0.4 is 14.8 Å². The number of anilines is 1. The van der Waals surface area contributed by atoms with Gasteiger partial charge in [-0.3, -0.25) is 4.90 Å². The maximum Gasteiger partial charge on any atom is 0.322 e. The Kier molecular flexibility index (Phi) is 5.89. The van der Waals surface area contributed by atoms with Crippen molar-refractivity contribution >= 4 is 11.7 Å². The maximum atomic E-state index is 12.4. The SMILES string of the molecule is CCCN1CCN(C(=O)Nc2ccc(OC)cc2OC)CC1. The summed E-state index contributed by atoms with van der Waals surface area (Å²) in [7, 11) is 3.18. The number of rotatable bonds is 5. The van der Waals surface area contributed by atoms with Crippen LogP contribution in [0.25, 0.3) is 0 Å². The summed E-state index contributed by atoms with van der Waals surface area (Å²) in [5.41, 5.74) is 0.657. The number of carbonyl (C=O) groups is 1. The van der Waals surface area contributed by atoms with E-state index in [-0.39, 0.29) is 6.03 Å². The van der Waals surface area contributed by atoms with Gasteiger partial charge in [0.2, 0.25) is 0 Å². The Balaban J connectivity index is 1.95. The minimum Gasteiger partial charge on any atom is -0.497 e. The van der Waals surface area contributed by atoms with Crippen molar-refractivity contribution in [1.29, 1.82) is 0 Å². The summed E-state index contributed by atoms with van der Waals surface area (Å²) in [6.45, 7) is 6.65. The van der Waals surface area contributed by atoms with E-state index < -0.39 is 0 Å². The third-order valence-corrected chi connectivity index (χ3v) is 3.85. The predicted octanol–water partition coefficient (Wildman–Crippen LogP) is 2.26. The number of hydrogen-bond donors (Lipinski definition) is 1. The number of amides is 2. The molecule has 1 fully saturated rings. The van der Waals surface area contributed by atoms with Crippen molar-refractivity contribution in [3.05, 3.63) is 18.2 Å². The molecule has 2 amide bonds. The lowest BCUT2D eigenvalue weighted by atomic mass is 10.2. The summed E-state index contributed by atoms with van der Waals surface area (Å²) in [5, 5.41) is 2.92. The summed E-state index contributed by atoms with van der Waals surface area (Å²) in [6, 6.07) is 5.27. The van der Waals surface area contributed by atoms with Crippen LogP contribution in [0.4, 0.5) is 10.5 Å². The van der Waals surface area contributed by atoms with Gasteiger partial charge in [-0.2, -0.15) is 0 Å². The molecule has 22 heavy (non-hydrogen) atoms. The minimum atomic E-state index is -0.0837. The fourth-order valence-corrected chi connectivity index (χ4v) is 2.59. The van der Waals surface area contributed by atoms with E-state index in [1.807, 2.05) is 4.90 Å². The van der Waals surface area contributed by atoms with Crippen molar-refractivity contribution in [2.24, 2.45) is 0 Å². The van der Waals surface area contributed by atoms with Crippen LogP contribution in [0.3, 0.4) is 0 Å². The lowest BCUT2D eigenvalue weighted by molar-refractivity contribution is 0.147. The maximum absolute atomic E-state index is 12.4. The normalized spacial score (nSPS) is 15.5. The first-order valence-corrected chi connectivity index (χ1v) is 7.68. The zero-order valence-electron chi connectivity index (χ0n) is 13.6. The number of carbonyl (C=O) groups excluding carboxylic acids is 1. The molecule has 1 aliphatic heterocycles. The summed E-state index contributed by atoms with van der Waals surface area (Å²) >= 11 is 0. The molecule has 6 nitrogen and oxygen atoms in total. The van der Waals surface area contributed by atoms with Crippen molar-refractivity contribution < 1.29 is 14.3 Å². The molecule has 0 unspecified atom stereocenters. The first kappa shape index (κ1) is 16.4. The van der Waals surface area contributed by atoms with Gasteiger partial charge in [0, 0.05) is 32.2 Å². The number of methoxy groups -OCH3 is 2. The van der Waals surface area contributed by atoms with Gasteiger partial charge in [0.1, 0.15) is 11.5 Å². The summed E-state index contributed by atoms with van der Waals surface area (Å²) in [6.07, 6.45) is 1.15. The van der Waals surface area contributed by atoms with Gasteiger partial charge in [-0.1, -0.05) is 6.92 Å². The molecule has 1 aliphatic rings. The average molecular weight is 307 g/mol. The van der Waals surface area contributed by atoms with E-state index in [4.69, 9.17) is 9.47 Å². The van der Waals surface area contributed by atoms with E-state index in [1.165, 1.54) is 0 Å². The van der Waals surface area contributed by atoms with Gasteiger partial charge in [0.15, 0.2) is 0 Å². The molecule has 1 heterocycles. The van der Waals surface area contributed by atoms with Gasteiger partial charge in [-0.15, -0.1) is 0 Å². The van der Waals surface area contributed by atoms with Gasteiger partial charge >= 0.3 is 6.03 Å². The summed E-state index contributed by atoms with van der Waals surface area (Å²) in [5.74, 6) is 1.29. The van der Waals surface area contributed by atoms with Gasteiger partial charge in [-0.25, -0.2) is 4.79 Å². The van der Waals surface area contributed by atoms with E-state index in [0.717, 1.165) is 39.1 Å². The Morgan fingerprint density at radius 1 is 1.18 bits per heavy atom. The summed E-state index contributed by atoms with van der Waals surface area (Å²) in [4.78, 5) is 16.6. The van der Waals surface area contributed by atoms with Crippen LogP contribution in [0.2, 0.25) is 0 Å². The number of nitrogens with one attached hydrogen (secondary N) is 1. The largest absolute Gasteiger partial charge is 0.497 e. The van der Waals surface area contributed by atoms with Crippen molar-refractivity contribution in [2.75, 3.05) is 52.3 Å². The molecule has 0 aliphatic carbocycles. The first-order chi connectivity index (χ1) is 10.7. The van der Waals surface area contributed by atoms with Crippen LogP contribution in [0.15, 0.2) is 18.2 Å². The van der Waals surface area contributed by atoms with Crippen LogP contribution in [0, 0.1) is 0 Å². The molecular formula is C16H25N3O3. The third-order valence-electron chi connectivity index (χ3n) is 3.85. The number of nitrogens with zero attached hydrogens (tertiary/aromatic N) is 2. The number of hydrogen-bond acceptors (Lipinski definition) is 4. The highest BCUT2D eigenvalue weighted by atomic mass is 16.5. The molecule has 0 aromatic heterocycles. The molecule has 0 saturated carbocycles. The van der Waals surface area contributed by atoms with Crippen molar-refractivity contribution in [3.63, 3.8) is 0 Å². The lowest BCUT2D eigenvalue weighted by Gasteiger charge is -2.34. The second-order valence-electron chi connectivity index (χ2n) is 5.33. The van der Waals surface area contributed by atoms with E-state index in [0.29, 0.717) is 17.2 Å².